The van der Waals surface area contributed by atoms with Crippen molar-refractivity contribution in [1.82, 2.24) is 9.88 Å². The fraction of sp³-hybridized carbons (Fsp3) is 0.238. The lowest BCUT2D eigenvalue weighted by atomic mass is 10.2. The molecule has 34 heavy (non-hydrogen) atoms. The number of hydrogen-bond acceptors (Lipinski definition) is 10. The van der Waals surface area contributed by atoms with Crippen molar-refractivity contribution in [3.63, 3.8) is 0 Å². The number of carbonyl (C=O) groups excluding carboxylic acids is 3. The zero-order chi connectivity index (χ0) is 24.7. The van der Waals surface area contributed by atoms with E-state index in [4.69, 9.17) is 33.9 Å². The maximum Gasteiger partial charge on any atom is 0.341 e. The highest BCUT2D eigenvalue weighted by atomic mass is 32.2. The lowest BCUT2D eigenvalue weighted by molar-refractivity contribution is -0.145. The number of ether oxygens (including phenoxy) is 2. The van der Waals surface area contributed by atoms with Crippen LogP contribution in [0.2, 0.25) is 0 Å². The number of rotatable bonds is 8. The second-order valence-electron chi connectivity index (χ2n) is 6.47. The molecule has 13 heteroatoms. The second kappa shape index (κ2) is 12.0. The summed E-state index contributed by atoms with van der Waals surface area (Å²) in [4.78, 5) is 43.3. The van der Waals surface area contributed by atoms with Crippen molar-refractivity contribution in [2.24, 2.45) is 0 Å². The van der Waals surface area contributed by atoms with Crippen LogP contribution in [-0.4, -0.2) is 56.9 Å². The number of anilines is 2. The van der Waals surface area contributed by atoms with E-state index in [1.165, 1.54) is 11.3 Å². The van der Waals surface area contributed by atoms with Gasteiger partial charge in [0, 0.05) is 11.1 Å². The van der Waals surface area contributed by atoms with Crippen LogP contribution in [0.5, 0.6) is 0 Å². The van der Waals surface area contributed by atoms with E-state index in [-0.39, 0.29) is 40.3 Å². The summed E-state index contributed by atoms with van der Waals surface area (Å²) in [6, 6.07) is 9.35. The van der Waals surface area contributed by atoms with Crippen LogP contribution in [0, 0.1) is 0 Å². The molecular formula is C21H20N4O5S4. The van der Waals surface area contributed by atoms with Crippen molar-refractivity contribution in [3.8, 4) is 0 Å². The molecule has 1 fully saturated rings. The SMILES string of the molecule is CCOC(=O)CN1C(=O)C(=C(C(=O)OCC)c2csc(NC(=S)Nc3ccccc3)n2)SC1=S. The summed E-state index contributed by atoms with van der Waals surface area (Å²) in [5.41, 5.74) is 0.996. The van der Waals surface area contributed by atoms with Crippen molar-refractivity contribution in [3.05, 3.63) is 46.3 Å². The number of thioether (sulfide) groups is 1. The molecule has 9 nitrogen and oxygen atoms in total. The van der Waals surface area contributed by atoms with E-state index in [1.807, 2.05) is 30.3 Å². The minimum absolute atomic E-state index is 0.0307. The van der Waals surface area contributed by atoms with E-state index in [0.717, 1.165) is 22.3 Å². The Balaban J connectivity index is 1.85. The molecule has 1 aliphatic heterocycles. The van der Waals surface area contributed by atoms with E-state index < -0.39 is 17.8 Å². The molecule has 2 aromatic rings. The summed E-state index contributed by atoms with van der Waals surface area (Å²) in [6.07, 6.45) is 0. The van der Waals surface area contributed by atoms with Gasteiger partial charge in [-0.2, -0.15) is 0 Å². The molecule has 1 aromatic carbocycles. The molecule has 1 saturated heterocycles. The summed E-state index contributed by atoms with van der Waals surface area (Å²) < 4.78 is 10.2. The monoisotopic (exact) mass is 536 g/mol. The van der Waals surface area contributed by atoms with Crippen LogP contribution in [-0.2, 0) is 23.9 Å². The van der Waals surface area contributed by atoms with Gasteiger partial charge in [0.2, 0.25) is 0 Å². The molecule has 2 N–H and O–H groups in total. The van der Waals surface area contributed by atoms with E-state index in [2.05, 4.69) is 15.6 Å². The van der Waals surface area contributed by atoms with Crippen LogP contribution in [0.4, 0.5) is 10.8 Å². The highest BCUT2D eigenvalue weighted by Crippen LogP contribution is 2.38. The number of para-hydroxylation sites is 1. The molecule has 0 radical (unpaired) electrons. The van der Waals surface area contributed by atoms with Crippen LogP contribution in [0.25, 0.3) is 5.57 Å². The number of amides is 1. The minimum atomic E-state index is -0.721. The van der Waals surface area contributed by atoms with Crippen LogP contribution >= 0.6 is 47.5 Å². The number of thiazole rings is 1. The van der Waals surface area contributed by atoms with E-state index in [1.54, 1.807) is 19.2 Å². The van der Waals surface area contributed by atoms with Gasteiger partial charge in [0.1, 0.15) is 16.4 Å². The topological polar surface area (TPSA) is 110 Å². The summed E-state index contributed by atoms with van der Waals surface area (Å²) in [6.45, 7) is 3.25. The zero-order valence-electron chi connectivity index (χ0n) is 18.2. The lowest BCUT2D eigenvalue weighted by Gasteiger charge is -2.13. The number of nitrogens with one attached hydrogen (secondary N) is 2. The van der Waals surface area contributed by atoms with Crippen LogP contribution < -0.4 is 10.6 Å². The molecule has 1 aromatic heterocycles. The molecule has 0 spiro atoms. The number of hydrogen-bond donors (Lipinski definition) is 2. The van der Waals surface area contributed by atoms with Crippen molar-refractivity contribution >= 4 is 91.2 Å². The molecule has 3 rings (SSSR count). The molecule has 0 unspecified atom stereocenters. The highest BCUT2D eigenvalue weighted by Gasteiger charge is 2.39. The van der Waals surface area contributed by atoms with Gasteiger partial charge in [-0.25, -0.2) is 9.78 Å². The van der Waals surface area contributed by atoms with Gasteiger partial charge in [-0.05, 0) is 38.2 Å². The first-order chi connectivity index (χ1) is 16.3. The molecule has 2 heterocycles. The van der Waals surface area contributed by atoms with Gasteiger partial charge in [0.25, 0.3) is 5.91 Å². The molecular weight excluding hydrogens is 517 g/mol. The van der Waals surface area contributed by atoms with Crippen LogP contribution in [0.1, 0.15) is 19.5 Å². The Kier molecular flexibility index (Phi) is 9.10. The Labute approximate surface area is 214 Å². The van der Waals surface area contributed by atoms with E-state index in [9.17, 15) is 14.4 Å². The molecule has 0 saturated carbocycles. The summed E-state index contributed by atoms with van der Waals surface area (Å²) >= 11 is 12.7. The number of carbonyl (C=O) groups is 3. The fourth-order valence-corrected chi connectivity index (χ4v) is 5.07. The average Bonchev–Trinajstić information content (AvgIpc) is 3.35. The minimum Gasteiger partial charge on any atom is -0.465 e. The van der Waals surface area contributed by atoms with Crippen LogP contribution in [0.3, 0.4) is 0 Å². The lowest BCUT2D eigenvalue weighted by Crippen LogP contribution is -2.34. The third kappa shape index (κ3) is 6.38. The standard InChI is InChI=1S/C21H20N4O5S4/c1-3-29-14(26)10-25-17(27)16(34-21(25)32)15(18(28)30-4-2)13-11-33-20(23-13)24-19(31)22-12-8-6-5-7-9-12/h5-9,11H,3-4,10H2,1-2H3,(H2,22,23,24,31). The maximum absolute atomic E-state index is 13.0. The first-order valence-electron chi connectivity index (χ1n) is 10.0. The Morgan fingerprint density at radius 1 is 1.12 bits per heavy atom. The fourth-order valence-electron chi connectivity index (χ4n) is 2.77. The summed E-state index contributed by atoms with van der Waals surface area (Å²) in [7, 11) is 0. The van der Waals surface area contributed by atoms with Crippen LogP contribution in [0.15, 0.2) is 40.6 Å². The normalized spacial score (nSPS) is 14.6. The molecule has 178 valence electrons. The van der Waals surface area contributed by atoms with Gasteiger partial charge in [-0.1, -0.05) is 42.2 Å². The summed E-state index contributed by atoms with van der Waals surface area (Å²) in [5.74, 6) is -1.91. The largest absolute Gasteiger partial charge is 0.465 e. The number of thiocarbonyl (C=S) groups is 2. The molecule has 0 bridgehead atoms. The van der Waals surface area contributed by atoms with E-state index in [0.29, 0.717) is 10.2 Å². The number of nitrogens with zero attached hydrogens (tertiary/aromatic N) is 2. The highest BCUT2D eigenvalue weighted by molar-refractivity contribution is 8.26. The van der Waals surface area contributed by atoms with Crippen molar-refractivity contribution in [1.29, 1.82) is 0 Å². The Hall–Kier alpha value is -2.87. The number of esters is 2. The molecule has 1 amide bonds. The van der Waals surface area contributed by atoms with Crippen molar-refractivity contribution in [2.75, 3.05) is 30.4 Å². The van der Waals surface area contributed by atoms with Gasteiger partial charge in [0.05, 0.1) is 23.8 Å². The smallest absolute Gasteiger partial charge is 0.341 e. The predicted molar refractivity (Wildman–Crippen MR) is 140 cm³/mol. The van der Waals surface area contributed by atoms with Gasteiger partial charge < -0.3 is 20.1 Å². The van der Waals surface area contributed by atoms with Crippen molar-refractivity contribution in [2.45, 2.75) is 13.8 Å². The maximum atomic E-state index is 13.0. The van der Waals surface area contributed by atoms with E-state index >= 15 is 0 Å². The Morgan fingerprint density at radius 3 is 2.50 bits per heavy atom. The van der Waals surface area contributed by atoms with Gasteiger partial charge in [-0.15, -0.1) is 11.3 Å². The number of benzene rings is 1. The first-order valence-corrected chi connectivity index (χ1v) is 12.5. The summed E-state index contributed by atoms with van der Waals surface area (Å²) in [5, 5.41) is 8.32. The van der Waals surface area contributed by atoms with Crippen molar-refractivity contribution < 1.29 is 23.9 Å². The van der Waals surface area contributed by atoms with Gasteiger partial charge >= 0.3 is 11.9 Å². The average molecular weight is 537 g/mol. The second-order valence-corrected chi connectivity index (χ2v) is 9.38. The quantitative estimate of drug-likeness (QED) is 0.293. The first kappa shape index (κ1) is 25.7. The Morgan fingerprint density at radius 2 is 1.82 bits per heavy atom. The number of aromatic nitrogens is 1. The van der Waals surface area contributed by atoms with Gasteiger partial charge in [0.15, 0.2) is 10.2 Å². The molecule has 1 aliphatic rings. The third-order valence-corrected chi connectivity index (χ3v) is 6.57. The third-order valence-electron chi connectivity index (χ3n) is 4.16. The predicted octanol–water partition coefficient (Wildman–Crippen LogP) is 3.65. The molecule has 0 atom stereocenters. The zero-order valence-corrected chi connectivity index (χ0v) is 21.4. The van der Waals surface area contributed by atoms with Gasteiger partial charge in [-0.3, -0.25) is 14.5 Å². The molecule has 0 aliphatic carbocycles. The Bertz CT molecular complexity index is 1150.